The van der Waals surface area contributed by atoms with Crippen molar-refractivity contribution in [1.82, 2.24) is 4.90 Å². The highest BCUT2D eigenvalue weighted by molar-refractivity contribution is 6.30. The minimum Gasteiger partial charge on any atom is -0.487 e. The normalized spacial score (nSPS) is 22.2. The zero-order chi connectivity index (χ0) is 27.1. The lowest BCUT2D eigenvalue weighted by atomic mass is 9.89. The summed E-state index contributed by atoms with van der Waals surface area (Å²) in [5, 5.41) is 12.4. The van der Waals surface area contributed by atoms with Crippen LogP contribution in [0.4, 0.5) is 5.69 Å². The standard InChI is InChI=1S/C30H37ClN2O5/c1-32-15-7-4-3-5-8-16-33-17-9-6-10-22-18-25(31)13-11-23(22)21-38-27-14-12-24(19-26(27)33)30(36,20-28(32)34)29(35)37-2/h4,7,11-14,18-19,36H,3,5-6,8-10,15-17,20-21H2,1-2H3/b7-4+/t30-/m1/s1. The highest BCUT2D eigenvalue weighted by atomic mass is 35.5. The summed E-state index contributed by atoms with van der Waals surface area (Å²) >= 11 is 6.28. The minimum atomic E-state index is -2.12. The summed E-state index contributed by atoms with van der Waals surface area (Å²) in [6, 6.07) is 11.1. The summed E-state index contributed by atoms with van der Waals surface area (Å²) in [5.74, 6) is -0.553. The van der Waals surface area contributed by atoms with Gasteiger partial charge in [-0.3, -0.25) is 4.79 Å². The second-order valence-electron chi connectivity index (χ2n) is 10.1. The van der Waals surface area contributed by atoms with Crippen LogP contribution in [0.15, 0.2) is 48.6 Å². The molecule has 204 valence electrons. The third-order valence-electron chi connectivity index (χ3n) is 7.40. The molecule has 0 unspecified atom stereocenters. The predicted octanol–water partition coefficient (Wildman–Crippen LogP) is 5.01. The number of aliphatic hydroxyl groups is 1. The number of benzene rings is 2. The van der Waals surface area contributed by atoms with Crippen molar-refractivity contribution in [3.05, 3.63) is 70.3 Å². The number of esters is 1. The fourth-order valence-corrected chi connectivity index (χ4v) is 5.26. The molecule has 2 aliphatic heterocycles. The summed E-state index contributed by atoms with van der Waals surface area (Å²) in [6.07, 6.45) is 9.39. The van der Waals surface area contributed by atoms with E-state index in [9.17, 15) is 14.7 Å². The number of ether oxygens (including phenoxy) is 2. The molecule has 4 rings (SSSR count). The van der Waals surface area contributed by atoms with Gasteiger partial charge in [0.2, 0.25) is 5.91 Å². The molecule has 2 aliphatic rings. The number of hydrogen-bond donors (Lipinski definition) is 1. The maximum absolute atomic E-state index is 13.0. The first-order chi connectivity index (χ1) is 18.3. The number of hydrogen-bond acceptors (Lipinski definition) is 6. The van der Waals surface area contributed by atoms with Gasteiger partial charge in [0.1, 0.15) is 12.4 Å². The van der Waals surface area contributed by atoms with E-state index in [0.717, 1.165) is 67.9 Å². The number of halogens is 1. The Kier molecular flexibility index (Phi) is 9.34. The highest BCUT2D eigenvalue weighted by Crippen LogP contribution is 2.37. The Morgan fingerprint density at radius 3 is 2.63 bits per heavy atom. The summed E-state index contributed by atoms with van der Waals surface area (Å²) in [4.78, 5) is 29.7. The predicted molar refractivity (Wildman–Crippen MR) is 149 cm³/mol. The molecule has 8 heteroatoms. The van der Waals surface area contributed by atoms with Gasteiger partial charge in [0, 0.05) is 31.7 Å². The molecule has 0 aliphatic carbocycles. The van der Waals surface area contributed by atoms with Gasteiger partial charge in [0.25, 0.3) is 0 Å². The van der Waals surface area contributed by atoms with E-state index >= 15 is 0 Å². The van der Waals surface area contributed by atoms with Crippen LogP contribution in [0.5, 0.6) is 5.75 Å². The quantitative estimate of drug-likeness (QED) is 0.404. The molecule has 0 radical (unpaired) electrons. The van der Waals surface area contributed by atoms with Crippen LogP contribution in [0.25, 0.3) is 0 Å². The highest BCUT2D eigenvalue weighted by Gasteiger charge is 2.43. The van der Waals surface area contributed by atoms with E-state index in [0.29, 0.717) is 24.5 Å². The number of nitrogens with zero attached hydrogens (tertiary/aromatic N) is 2. The van der Waals surface area contributed by atoms with Crippen molar-refractivity contribution in [3.8, 4) is 5.75 Å². The number of likely N-dealkylation sites (N-methyl/N-ethyl adjacent to an activating group) is 1. The molecule has 2 heterocycles. The average Bonchev–Trinajstić information content (AvgIpc) is 2.94. The maximum Gasteiger partial charge on any atom is 0.343 e. The number of amides is 1. The largest absolute Gasteiger partial charge is 0.487 e. The summed E-state index contributed by atoms with van der Waals surface area (Å²) < 4.78 is 11.3. The monoisotopic (exact) mass is 540 g/mol. The maximum atomic E-state index is 13.0. The van der Waals surface area contributed by atoms with Crippen molar-refractivity contribution in [1.29, 1.82) is 0 Å². The number of allylic oxidation sites excluding steroid dienone is 1. The summed E-state index contributed by atoms with van der Waals surface area (Å²) in [7, 11) is 2.88. The van der Waals surface area contributed by atoms with Gasteiger partial charge in [-0.1, -0.05) is 35.9 Å². The number of methoxy groups -OCH3 is 1. The molecule has 1 atom stereocenters. The van der Waals surface area contributed by atoms with Crippen LogP contribution in [-0.4, -0.2) is 55.7 Å². The Labute approximate surface area is 230 Å². The number of rotatable bonds is 1. The third-order valence-corrected chi connectivity index (χ3v) is 7.64. The molecule has 2 aromatic carbocycles. The van der Waals surface area contributed by atoms with Crippen molar-refractivity contribution < 1.29 is 24.2 Å². The summed E-state index contributed by atoms with van der Waals surface area (Å²) in [5.41, 5.74) is 1.26. The lowest BCUT2D eigenvalue weighted by Gasteiger charge is -2.31. The van der Waals surface area contributed by atoms with Crippen LogP contribution in [0.2, 0.25) is 5.02 Å². The van der Waals surface area contributed by atoms with Gasteiger partial charge in [0.15, 0.2) is 5.60 Å². The summed E-state index contributed by atoms with van der Waals surface area (Å²) in [6.45, 7) is 2.39. The molecule has 1 N–H and O–H groups in total. The molecule has 0 aromatic heterocycles. The van der Waals surface area contributed by atoms with Crippen molar-refractivity contribution in [2.45, 2.75) is 57.2 Å². The average molecular weight is 541 g/mol. The van der Waals surface area contributed by atoms with Gasteiger partial charge >= 0.3 is 5.97 Å². The van der Waals surface area contributed by atoms with Crippen LogP contribution in [0.3, 0.4) is 0 Å². The Bertz CT molecular complexity index is 1180. The minimum absolute atomic E-state index is 0.311. The molecule has 7 nitrogen and oxygen atoms in total. The molecule has 1 amide bonds. The van der Waals surface area contributed by atoms with Crippen LogP contribution in [0.1, 0.15) is 55.2 Å². The zero-order valence-corrected chi connectivity index (χ0v) is 23.0. The fourth-order valence-electron chi connectivity index (χ4n) is 5.07. The van der Waals surface area contributed by atoms with Gasteiger partial charge in [-0.15, -0.1) is 0 Å². The van der Waals surface area contributed by atoms with Crippen LogP contribution in [-0.2, 0) is 33.0 Å². The third kappa shape index (κ3) is 6.51. The van der Waals surface area contributed by atoms with Gasteiger partial charge in [-0.2, -0.15) is 0 Å². The van der Waals surface area contributed by atoms with Crippen molar-refractivity contribution >= 4 is 29.2 Å². The van der Waals surface area contributed by atoms with Crippen LogP contribution < -0.4 is 9.64 Å². The van der Waals surface area contributed by atoms with Crippen molar-refractivity contribution in [2.24, 2.45) is 0 Å². The second kappa shape index (κ2) is 12.7. The lowest BCUT2D eigenvalue weighted by Crippen LogP contribution is -2.42. The van der Waals surface area contributed by atoms with E-state index in [4.69, 9.17) is 21.1 Å². The van der Waals surface area contributed by atoms with Gasteiger partial charge < -0.3 is 24.4 Å². The van der Waals surface area contributed by atoms with Gasteiger partial charge in [-0.25, -0.2) is 4.79 Å². The molecule has 0 fully saturated rings. The Morgan fingerprint density at radius 2 is 1.84 bits per heavy atom. The number of fused-ring (bicyclic) bond motifs is 2. The molecule has 0 spiro atoms. The second-order valence-corrected chi connectivity index (χ2v) is 10.5. The molecular weight excluding hydrogens is 504 g/mol. The first kappa shape index (κ1) is 28.0. The lowest BCUT2D eigenvalue weighted by molar-refractivity contribution is -0.167. The van der Waals surface area contributed by atoms with Crippen LogP contribution >= 0.6 is 11.6 Å². The molecule has 0 saturated carbocycles. The fraction of sp³-hybridized carbons (Fsp3) is 0.467. The topological polar surface area (TPSA) is 79.3 Å². The molecule has 2 bridgehead atoms. The first-order valence-electron chi connectivity index (χ1n) is 13.3. The Hall–Kier alpha value is -3.03. The van der Waals surface area contributed by atoms with Gasteiger partial charge in [0.05, 0.1) is 19.2 Å². The SMILES string of the molecule is COC(=O)[C@@]1(O)CC(=O)N(C)C/C=C/CCCCN2CCCCc3cc(Cl)ccc3COc3ccc1cc32. The van der Waals surface area contributed by atoms with Crippen LogP contribution in [0, 0.1) is 0 Å². The van der Waals surface area contributed by atoms with E-state index in [1.165, 1.54) is 17.6 Å². The molecular formula is C30H37ClN2O5. The number of carbonyl (C=O) groups is 2. The Morgan fingerprint density at radius 1 is 1.05 bits per heavy atom. The Balaban J connectivity index is 1.78. The van der Waals surface area contributed by atoms with E-state index in [1.807, 2.05) is 24.3 Å². The number of carbonyl (C=O) groups excluding carboxylic acids is 2. The van der Waals surface area contributed by atoms with E-state index < -0.39 is 18.0 Å². The van der Waals surface area contributed by atoms with E-state index in [-0.39, 0.29) is 5.91 Å². The van der Waals surface area contributed by atoms with E-state index in [1.54, 1.807) is 25.2 Å². The smallest absolute Gasteiger partial charge is 0.343 e. The molecule has 2 aromatic rings. The number of aryl methyl sites for hydroxylation is 1. The number of anilines is 1. The zero-order valence-electron chi connectivity index (χ0n) is 22.2. The van der Waals surface area contributed by atoms with E-state index in [2.05, 4.69) is 11.0 Å². The first-order valence-corrected chi connectivity index (χ1v) is 13.7. The molecule has 0 saturated heterocycles. The van der Waals surface area contributed by atoms with Gasteiger partial charge in [-0.05, 0) is 79.5 Å². The van der Waals surface area contributed by atoms with Crippen molar-refractivity contribution in [3.63, 3.8) is 0 Å². The van der Waals surface area contributed by atoms with Crippen molar-refractivity contribution in [2.75, 3.05) is 38.7 Å². The molecule has 38 heavy (non-hydrogen) atoms.